The van der Waals surface area contributed by atoms with Gasteiger partial charge in [-0.2, -0.15) is 14.9 Å². The van der Waals surface area contributed by atoms with Crippen LogP contribution in [0.4, 0.5) is 11.4 Å². The molecular weight excluding hydrogens is 943 g/mol. The first-order valence-electron chi connectivity index (χ1n) is 18.4. The van der Waals surface area contributed by atoms with Crippen LogP contribution in [-0.2, 0) is 22.7 Å². The van der Waals surface area contributed by atoms with Crippen LogP contribution in [0.25, 0.3) is 5.82 Å². The van der Waals surface area contributed by atoms with Crippen LogP contribution in [0, 0.1) is 17.5 Å². The van der Waals surface area contributed by atoms with Crippen molar-refractivity contribution in [1.29, 1.82) is 0 Å². The van der Waals surface area contributed by atoms with Crippen LogP contribution in [0.2, 0.25) is 20.1 Å². The largest absolute Gasteiger partial charge is 0.495 e. The number of aromatic nitrogens is 7. The molecule has 0 saturated carbocycles. The molecule has 0 spiro atoms. The fourth-order valence-electron chi connectivity index (χ4n) is 7.02. The molecule has 310 valence electrons. The third-order valence-corrected chi connectivity index (χ3v) is 12.9. The van der Waals surface area contributed by atoms with Crippen LogP contribution in [0.3, 0.4) is 0 Å². The Labute approximate surface area is 370 Å². The van der Waals surface area contributed by atoms with Gasteiger partial charge >= 0.3 is 0 Å². The van der Waals surface area contributed by atoms with E-state index in [2.05, 4.69) is 59.8 Å². The number of piperazine rings is 2. The quantitative estimate of drug-likeness (QED) is 0.148. The Kier molecular flexibility index (Phi) is 14.2. The van der Waals surface area contributed by atoms with Gasteiger partial charge in [-0.15, -0.1) is 5.10 Å². The van der Waals surface area contributed by atoms with Gasteiger partial charge < -0.3 is 29.1 Å². The number of nitrogens with zero attached hydrogens (tertiary/aromatic N) is 11. The summed E-state index contributed by atoms with van der Waals surface area (Å²) >= 11 is 26.9. The summed E-state index contributed by atoms with van der Waals surface area (Å²) in [6.45, 7) is 12.3. The van der Waals surface area contributed by atoms with Gasteiger partial charge in [0.25, 0.3) is 0 Å². The maximum atomic E-state index is 13.1. The molecule has 20 heteroatoms. The number of methoxy groups -OCH3 is 2. The average molecular weight is 988 g/mol. The molecule has 1 unspecified atom stereocenters. The topological polar surface area (TPSA) is 132 Å². The third kappa shape index (κ3) is 9.56. The van der Waals surface area contributed by atoms with Crippen molar-refractivity contribution < 1.29 is 19.1 Å². The SMILES string of the molecule is COc1cc(N2CCN(C(=O)Cn3nc(-n4ccnn4)c(Cl)c3C)[C@@H](C)C2)ccc1Cl.COc1cc(N2CCN(C(=O)Cn3nc(I)c(Cl)c3C)C(C)C2)ccc1Cl. The molecule has 2 aromatic carbocycles. The summed E-state index contributed by atoms with van der Waals surface area (Å²) < 4.78 is 16.1. The van der Waals surface area contributed by atoms with Crippen LogP contribution in [0.1, 0.15) is 25.2 Å². The van der Waals surface area contributed by atoms with Crippen molar-refractivity contribution in [3.8, 4) is 17.3 Å². The highest BCUT2D eigenvalue weighted by Gasteiger charge is 2.30. The Morgan fingerprint density at radius 2 is 1.22 bits per heavy atom. The van der Waals surface area contributed by atoms with Gasteiger partial charge in [-0.05, 0) is 74.6 Å². The van der Waals surface area contributed by atoms with Gasteiger partial charge in [-0.1, -0.05) is 51.6 Å². The van der Waals surface area contributed by atoms with E-state index in [9.17, 15) is 9.59 Å². The molecule has 15 nitrogen and oxygen atoms in total. The van der Waals surface area contributed by atoms with Crippen LogP contribution < -0.4 is 19.3 Å². The summed E-state index contributed by atoms with van der Waals surface area (Å²) in [6.07, 6.45) is 3.21. The van der Waals surface area contributed by atoms with Gasteiger partial charge in [-0.3, -0.25) is 19.0 Å². The van der Waals surface area contributed by atoms with Crippen LogP contribution in [-0.4, -0.2) is 122 Å². The molecule has 0 N–H and O–H groups in total. The highest BCUT2D eigenvalue weighted by Crippen LogP contribution is 2.32. The second-order valence-electron chi connectivity index (χ2n) is 14.0. The Bertz CT molecular complexity index is 2250. The van der Waals surface area contributed by atoms with E-state index in [0.717, 1.165) is 30.2 Å². The standard InChI is InChI=1S/C20H23Cl2N7O2.C18H21Cl2IN4O2/c1-13-11-26(15-4-5-16(21)17(10-15)31-3)8-9-27(13)18(30)12-29-14(2)19(22)20(24-29)28-7-6-23-25-28;1-11-9-23(13-4-5-14(19)15(8-13)27-3)6-7-24(11)16(26)10-25-12(2)17(20)18(21)22-25/h4-7,10,13H,8-9,11-12H2,1-3H3;4-5,8,11H,6-7,9-10H2,1-3H3/t13-;/m0./s1. The molecule has 2 aliphatic heterocycles. The molecular formula is C38H44Cl4IN11O4. The first-order valence-corrected chi connectivity index (χ1v) is 21.0. The lowest BCUT2D eigenvalue weighted by molar-refractivity contribution is -0.135. The summed E-state index contributed by atoms with van der Waals surface area (Å²) in [5.74, 6) is 1.79. The molecule has 5 aromatic rings. The Hall–Kier alpha value is -3.97. The lowest BCUT2D eigenvalue weighted by Crippen LogP contribution is -2.54. The normalized spacial score (nSPS) is 16.9. The summed E-state index contributed by atoms with van der Waals surface area (Å²) in [4.78, 5) is 34.1. The maximum Gasteiger partial charge on any atom is 0.244 e. The van der Waals surface area contributed by atoms with E-state index in [4.69, 9.17) is 55.9 Å². The lowest BCUT2D eigenvalue weighted by atomic mass is 10.1. The highest BCUT2D eigenvalue weighted by molar-refractivity contribution is 14.1. The second kappa shape index (κ2) is 19.0. The van der Waals surface area contributed by atoms with Gasteiger partial charge in [0, 0.05) is 74.9 Å². The fraction of sp³-hybridized carbons (Fsp3) is 0.421. The molecule has 0 radical (unpaired) electrons. The second-order valence-corrected chi connectivity index (χ2v) is 16.6. The van der Waals surface area contributed by atoms with Gasteiger partial charge in [0.2, 0.25) is 11.8 Å². The molecule has 58 heavy (non-hydrogen) atoms. The summed E-state index contributed by atoms with van der Waals surface area (Å²) in [5, 5.41) is 18.7. The van der Waals surface area contributed by atoms with Crippen LogP contribution in [0.15, 0.2) is 48.8 Å². The van der Waals surface area contributed by atoms with Gasteiger partial charge in [0.05, 0.1) is 53.1 Å². The predicted octanol–water partition coefficient (Wildman–Crippen LogP) is 6.67. The van der Waals surface area contributed by atoms with E-state index < -0.39 is 0 Å². The van der Waals surface area contributed by atoms with E-state index >= 15 is 0 Å². The van der Waals surface area contributed by atoms with Gasteiger partial charge in [-0.25, -0.2) is 0 Å². The number of hydrogen-bond donors (Lipinski definition) is 0. The van der Waals surface area contributed by atoms with E-state index in [1.54, 1.807) is 36.0 Å². The minimum absolute atomic E-state index is 0.00626. The number of benzene rings is 2. The van der Waals surface area contributed by atoms with E-state index in [1.807, 2.05) is 67.0 Å². The monoisotopic (exact) mass is 985 g/mol. The van der Waals surface area contributed by atoms with E-state index in [0.29, 0.717) is 73.0 Å². The molecule has 2 fully saturated rings. The number of hydrogen-bond acceptors (Lipinski definition) is 10. The number of anilines is 2. The number of rotatable bonds is 9. The zero-order valence-electron chi connectivity index (χ0n) is 32.9. The van der Waals surface area contributed by atoms with Gasteiger partial charge in [0.1, 0.15) is 33.3 Å². The zero-order chi connectivity index (χ0) is 41.8. The fourth-order valence-corrected chi connectivity index (χ4v) is 8.42. The molecule has 0 bridgehead atoms. The van der Waals surface area contributed by atoms with E-state index in [1.165, 1.54) is 4.68 Å². The molecule has 0 aliphatic carbocycles. The van der Waals surface area contributed by atoms with Crippen molar-refractivity contribution in [3.63, 3.8) is 0 Å². The molecule has 2 aliphatic rings. The van der Waals surface area contributed by atoms with Gasteiger partial charge in [0.15, 0.2) is 5.82 Å². The Morgan fingerprint density at radius 1 is 0.741 bits per heavy atom. The van der Waals surface area contributed by atoms with Crippen molar-refractivity contribution in [1.82, 2.24) is 44.4 Å². The first kappa shape index (κ1) is 43.6. The minimum Gasteiger partial charge on any atom is -0.495 e. The summed E-state index contributed by atoms with van der Waals surface area (Å²) in [7, 11) is 3.21. The number of amides is 2. The summed E-state index contributed by atoms with van der Waals surface area (Å²) in [5.41, 5.74) is 3.58. The number of halogens is 5. The first-order chi connectivity index (χ1) is 27.7. The maximum absolute atomic E-state index is 13.1. The minimum atomic E-state index is -0.00626. The molecule has 7 rings (SSSR count). The van der Waals surface area contributed by atoms with Crippen LogP contribution >= 0.6 is 69.0 Å². The lowest BCUT2D eigenvalue weighted by Gasteiger charge is -2.41. The van der Waals surface area contributed by atoms with E-state index in [-0.39, 0.29) is 37.0 Å². The van der Waals surface area contributed by atoms with Crippen molar-refractivity contribution in [2.45, 2.75) is 52.9 Å². The molecule has 5 heterocycles. The van der Waals surface area contributed by atoms with Crippen molar-refractivity contribution in [3.05, 3.63) is 84.0 Å². The predicted molar refractivity (Wildman–Crippen MR) is 234 cm³/mol. The number of carbonyl (C=O) groups excluding carboxylic acids is 2. The molecule has 2 amide bonds. The highest BCUT2D eigenvalue weighted by atomic mass is 127. The molecule has 3 aromatic heterocycles. The summed E-state index contributed by atoms with van der Waals surface area (Å²) in [6, 6.07) is 11.6. The average Bonchev–Trinajstić information content (AvgIpc) is 3.91. The molecule has 2 saturated heterocycles. The Morgan fingerprint density at radius 3 is 1.64 bits per heavy atom. The van der Waals surface area contributed by atoms with Crippen molar-refractivity contribution >= 4 is 92.2 Å². The Balaban J connectivity index is 0.000000198. The number of carbonyl (C=O) groups is 2. The van der Waals surface area contributed by atoms with Crippen molar-refractivity contribution in [2.24, 2.45) is 0 Å². The zero-order valence-corrected chi connectivity index (χ0v) is 38.1. The van der Waals surface area contributed by atoms with Crippen LogP contribution in [0.5, 0.6) is 11.5 Å². The smallest absolute Gasteiger partial charge is 0.244 e. The molecule has 2 atom stereocenters. The third-order valence-electron chi connectivity index (χ3n) is 10.3. The number of ether oxygens (including phenoxy) is 2. The van der Waals surface area contributed by atoms with Crippen molar-refractivity contribution in [2.75, 3.05) is 63.3 Å².